The number of hydrogen-bond donors (Lipinski definition) is 1. The number of halogens is 1. The second-order valence-electron chi connectivity index (χ2n) is 4.19. The Balaban J connectivity index is 2.86. The summed E-state index contributed by atoms with van der Waals surface area (Å²) in [6, 6.07) is 5.98. The van der Waals surface area contributed by atoms with Crippen LogP contribution < -0.4 is 10.5 Å². The molecule has 0 radical (unpaired) electrons. The summed E-state index contributed by atoms with van der Waals surface area (Å²) in [5.74, 6) is 0.902. The Labute approximate surface area is 106 Å². The van der Waals surface area contributed by atoms with Crippen molar-refractivity contribution in [3.63, 3.8) is 0 Å². The van der Waals surface area contributed by atoms with Crippen molar-refractivity contribution in [2.75, 3.05) is 0 Å². The van der Waals surface area contributed by atoms with Gasteiger partial charge in [0.2, 0.25) is 0 Å². The molecule has 2 unspecified atom stereocenters. The Morgan fingerprint density at radius 2 is 2.06 bits per heavy atom. The van der Waals surface area contributed by atoms with E-state index in [1.54, 1.807) is 0 Å². The molecule has 2 atom stereocenters. The third kappa shape index (κ3) is 3.80. The maximum absolute atomic E-state index is 5.93. The summed E-state index contributed by atoms with van der Waals surface area (Å²) in [5, 5.41) is 0. The second kappa shape index (κ2) is 6.26. The van der Waals surface area contributed by atoms with Crippen LogP contribution in [0.3, 0.4) is 0 Å². The van der Waals surface area contributed by atoms with E-state index >= 15 is 0 Å². The highest BCUT2D eigenvalue weighted by molar-refractivity contribution is 9.10. The number of rotatable bonds is 5. The SMILES string of the molecule is CCCC(C)Oc1ccc(Br)cc1C(C)N. The molecule has 3 heteroatoms. The number of nitrogens with two attached hydrogens (primary N) is 1. The van der Waals surface area contributed by atoms with Gasteiger partial charge in [0.25, 0.3) is 0 Å². The lowest BCUT2D eigenvalue weighted by molar-refractivity contribution is 0.207. The molecule has 0 heterocycles. The van der Waals surface area contributed by atoms with E-state index in [1.165, 1.54) is 0 Å². The summed E-state index contributed by atoms with van der Waals surface area (Å²) in [6.07, 6.45) is 2.43. The van der Waals surface area contributed by atoms with Crippen LogP contribution in [-0.2, 0) is 0 Å². The van der Waals surface area contributed by atoms with Crippen molar-refractivity contribution in [3.8, 4) is 5.75 Å². The van der Waals surface area contributed by atoms with Crippen LogP contribution in [0.2, 0.25) is 0 Å². The van der Waals surface area contributed by atoms with Crippen LogP contribution in [0.5, 0.6) is 5.75 Å². The highest BCUT2D eigenvalue weighted by Crippen LogP contribution is 2.28. The fraction of sp³-hybridized carbons (Fsp3) is 0.538. The summed E-state index contributed by atoms with van der Waals surface area (Å²) < 4.78 is 6.94. The molecule has 0 saturated carbocycles. The van der Waals surface area contributed by atoms with Crippen molar-refractivity contribution >= 4 is 15.9 Å². The van der Waals surface area contributed by atoms with E-state index < -0.39 is 0 Å². The van der Waals surface area contributed by atoms with Crippen LogP contribution in [0.25, 0.3) is 0 Å². The zero-order valence-corrected chi connectivity index (χ0v) is 11.8. The zero-order chi connectivity index (χ0) is 12.1. The molecule has 2 nitrogen and oxygen atoms in total. The maximum Gasteiger partial charge on any atom is 0.124 e. The van der Waals surface area contributed by atoms with Crippen LogP contribution in [-0.4, -0.2) is 6.10 Å². The van der Waals surface area contributed by atoms with E-state index in [9.17, 15) is 0 Å². The van der Waals surface area contributed by atoms with Crippen molar-refractivity contribution in [1.82, 2.24) is 0 Å². The van der Waals surface area contributed by atoms with Gasteiger partial charge in [0.15, 0.2) is 0 Å². The molecule has 0 aliphatic rings. The molecule has 0 spiro atoms. The normalized spacial score (nSPS) is 14.6. The Morgan fingerprint density at radius 3 is 2.62 bits per heavy atom. The fourth-order valence-corrected chi connectivity index (χ4v) is 2.04. The summed E-state index contributed by atoms with van der Waals surface area (Å²) in [7, 11) is 0. The molecule has 2 N–H and O–H groups in total. The first-order chi connectivity index (χ1) is 7.54. The van der Waals surface area contributed by atoms with Gasteiger partial charge in [-0.25, -0.2) is 0 Å². The molecule has 16 heavy (non-hydrogen) atoms. The molecule has 0 aliphatic heterocycles. The largest absolute Gasteiger partial charge is 0.490 e. The lowest BCUT2D eigenvalue weighted by atomic mass is 10.1. The molecule has 1 rings (SSSR count). The first kappa shape index (κ1) is 13.5. The van der Waals surface area contributed by atoms with E-state index in [1.807, 2.05) is 25.1 Å². The van der Waals surface area contributed by atoms with Crippen LogP contribution in [0.15, 0.2) is 22.7 Å². The minimum Gasteiger partial charge on any atom is -0.490 e. The summed E-state index contributed by atoms with van der Waals surface area (Å²) in [4.78, 5) is 0. The number of benzene rings is 1. The average Bonchev–Trinajstić information content (AvgIpc) is 2.20. The third-order valence-electron chi connectivity index (χ3n) is 2.49. The molecular formula is C13H20BrNO. The quantitative estimate of drug-likeness (QED) is 0.886. The first-order valence-electron chi connectivity index (χ1n) is 5.76. The highest BCUT2D eigenvalue weighted by Gasteiger charge is 2.11. The van der Waals surface area contributed by atoms with E-state index in [2.05, 4.69) is 29.8 Å². The van der Waals surface area contributed by atoms with Gasteiger partial charge < -0.3 is 10.5 Å². The molecular weight excluding hydrogens is 266 g/mol. The predicted octanol–water partition coefficient (Wildman–Crippen LogP) is 4.04. The lowest BCUT2D eigenvalue weighted by Crippen LogP contribution is -2.14. The smallest absolute Gasteiger partial charge is 0.124 e. The monoisotopic (exact) mass is 285 g/mol. The summed E-state index contributed by atoms with van der Waals surface area (Å²) in [6.45, 7) is 6.23. The second-order valence-corrected chi connectivity index (χ2v) is 5.10. The highest BCUT2D eigenvalue weighted by atomic mass is 79.9. The van der Waals surface area contributed by atoms with E-state index in [0.717, 1.165) is 28.6 Å². The standard InChI is InChI=1S/C13H20BrNO/c1-4-5-9(2)16-13-7-6-11(14)8-12(13)10(3)15/h6-10H,4-5,15H2,1-3H3. The van der Waals surface area contributed by atoms with Gasteiger partial charge in [-0.3, -0.25) is 0 Å². The molecule has 1 aromatic carbocycles. The van der Waals surface area contributed by atoms with Crippen LogP contribution in [0.4, 0.5) is 0 Å². The van der Waals surface area contributed by atoms with E-state index in [4.69, 9.17) is 10.5 Å². The Kier molecular flexibility index (Phi) is 5.29. The summed E-state index contributed by atoms with van der Waals surface area (Å²) >= 11 is 3.45. The third-order valence-corrected chi connectivity index (χ3v) is 2.98. The minimum atomic E-state index is -0.0127. The van der Waals surface area contributed by atoms with Crippen LogP contribution >= 0.6 is 15.9 Å². The predicted molar refractivity (Wildman–Crippen MR) is 71.7 cm³/mol. The zero-order valence-electron chi connectivity index (χ0n) is 10.2. The van der Waals surface area contributed by atoms with Crippen LogP contribution in [0, 0.1) is 0 Å². The fourth-order valence-electron chi connectivity index (χ4n) is 1.66. The Bertz CT molecular complexity index is 339. The van der Waals surface area contributed by atoms with Crippen LogP contribution in [0.1, 0.15) is 45.2 Å². The number of hydrogen-bond acceptors (Lipinski definition) is 2. The van der Waals surface area contributed by atoms with Gasteiger partial charge in [0.1, 0.15) is 5.75 Å². The average molecular weight is 286 g/mol. The molecule has 0 amide bonds. The lowest BCUT2D eigenvalue weighted by Gasteiger charge is -2.18. The maximum atomic E-state index is 5.93. The van der Waals surface area contributed by atoms with Gasteiger partial charge in [-0.2, -0.15) is 0 Å². The van der Waals surface area contributed by atoms with E-state index in [-0.39, 0.29) is 12.1 Å². The van der Waals surface area contributed by atoms with Crippen molar-refractivity contribution in [2.24, 2.45) is 5.73 Å². The molecule has 1 aromatic rings. The van der Waals surface area contributed by atoms with Crippen molar-refractivity contribution in [1.29, 1.82) is 0 Å². The minimum absolute atomic E-state index is 0.0127. The first-order valence-corrected chi connectivity index (χ1v) is 6.55. The van der Waals surface area contributed by atoms with Crippen molar-refractivity contribution in [2.45, 2.75) is 45.8 Å². The molecule has 0 aliphatic carbocycles. The molecule has 0 saturated heterocycles. The Hall–Kier alpha value is -0.540. The topological polar surface area (TPSA) is 35.2 Å². The van der Waals surface area contributed by atoms with E-state index in [0.29, 0.717) is 0 Å². The number of ether oxygens (including phenoxy) is 1. The molecule has 0 aromatic heterocycles. The van der Waals surface area contributed by atoms with Gasteiger partial charge in [-0.1, -0.05) is 29.3 Å². The van der Waals surface area contributed by atoms with Crippen molar-refractivity contribution in [3.05, 3.63) is 28.2 Å². The summed E-state index contributed by atoms with van der Waals surface area (Å²) in [5.41, 5.74) is 6.99. The Morgan fingerprint density at radius 1 is 1.38 bits per heavy atom. The molecule has 0 bridgehead atoms. The van der Waals surface area contributed by atoms with Gasteiger partial charge in [-0.15, -0.1) is 0 Å². The van der Waals surface area contributed by atoms with Gasteiger partial charge in [0.05, 0.1) is 6.10 Å². The van der Waals surface area contributed by atoms with Gasteiger partial charge >= 0.3 is 0 Å². The molecule has 90 valence electrons. The van der Waals surface area contributed by atoms with Gasteiger partial charge in [0, 0.05) is 16.1 Å². The van der Waals surface area contributed by atoms with Gasteiger partial charge in [-0.05, 0) is 38.5 Å². The molecule has 0 fully saturated rings. The van der Waals surface area contributed by atoms with Crippen molar-refractivity contribution < 1.29 is 4.74 Å².